The van der Waals surface area contributed by atoms with Crippen molar-refractivity contribution in [3.8, 4) is 0 Å². The van der Waals surface area contributed by atoms with Gasteiger partial charge in [-0.15, -0.1) is 11.3 Å². The third-order valence-electron chi connectivity index (χ3n) is 2.68. The third kappa shape index (κ3) is 7.11. The molecule has 22 heavy (non-hydrogen) atoms. The van der Waals surface area contributed by atoms with E-state index < -0.39 is 11.9 Å². The van der Waals surface area contributed by atoms with E-state index in [-0.39, 0.29) is 25.4 Å². The Morgan fingerprint density at radius 1 is 1.18 bits per heavy atom. The molecule has 9 heteroatoms. The van der Waals surface area contributed by atoms with Crippen LogP contribution in [0.25, 0.3) is 0 Å². The molecule has 122 valence electrons. The highest BCUT2D eigenvalue weighted by Crippen LogP contribution is 2.31. The van der Waals surface area contributed by atoms with Crippen LogP contribution in [0.3, 0.4) is 0 Å². The Bertz CT molecular complexity index is 548. The molecule has 0 aliphatic heterocycles. The van der Waals surface area contributed by atoms with E-state index in [0.717, 1.165) is 5.56 Å². The van der Waals surface area contributed by atoms with Crippen LogP contribution in [0.4, 0.5) is 0 Å². The van der Waals surface area contributed by atoms with Crippen LogP contribution in [-0.4, -0.2) is 38.0 Å². The molecule has 2 amide bonds. The van der Waals surface area contributed by atoms with Gasteiger partial charge in [0.05, 0.1) is 22.3 Å². The van der Waals surface area contributed by atoms with E-state index in [1.54, 1.807) is 6.07 Å². The number of hydrogen-bond acceptors (Lipinski definition) is 5. The van der Waals surface area contributed by atoms with Gasteiger partial charge in [-0.2, -0.15) is 0 Å². The molecule has 1 rings (SSSR count). The zero-order valence-corrected chi connectivity index (χ0v) is 14.2. The Hall–Kier alpha value is -1.31. The summed E-state index contributed by atoms with van der Waals surface area (Å²) in [5.41, 5.74) is 0.917. The van der Waals surface area contributed by atoms with Crippen LogP contribution in [-0.2, 0) is 25.5 Å². The molecule has 0 spiro atoms. The molecule has 1 heterocycles. The van der Waals surface area contributed by atoms with Crippen LogP contribution >= 0.6 is 34.5 Å². The second-order valence-electron chi connectivity index (χ2n) is 4.33. The summed E-state index contributed by atoms with van der Waals surface area (Å²) in [5.74, 6) is -1.25. The highest BCUT2D eigenvalue weighted by molar-refractivity contribution is 7.20. The number of aryl methyl sites for hydroxylation is 1. The normalized spacial score (nSPS) is 10.1. The fourth-order valence-corrected chi connectivity index (χ4v) is 3.10. The minimum absolute atomic E-state index is 0.180. The van der Waals surface area contributed by atoms with E-state index in [9.17, 15) is 14.4 Å². The van der Waals surface area contributed by atoms with E-state index in [4.69, 9.17) is 23.2 Å². The van der Waals surface area contributed by atoms with Crippen LogP contribution in [0, 0.1) is 0 Å². The summed E-state index contributed by atoms with van der Waals surface area (Å²) in [6.07, 6.45) is 1.51. The molecule has 1 aromatic rings. The Morgan fingerprint density at radius 2 is 1.86 bits per heavy atom. The SMILES string of the molecule is COC(=O)CNC(=O)CNC(=O)CCCc1cc(Cl)sc1Cl. The first-order valence-electron chi connectivity index (χ1n) is 6.46. The topological polar surface area (TPSA) is 84.5 Å². The van der Waals surface area contributed by atoms with E-state index in [1.165, 1.54) is 18.4 Å². The average molecular weight is 367 g/mol. The second kappa shape index (κ2) is 9.66. The largest absolute Gasteiger partial charge is 0.468 e. The molecule has 1 aromatic heterocycles. The minimum atomic E-state index is -0.550. The first kappa shape index (κ1) is 18.7. The molecule has 0 aliphatic rings. The highest BCUT2D eigenvalue weighted by Gasteiger charge is 2.09. The summed E-state index contributed by atoms with van der Waals surface area (Å²) in [6.45, 7) is -0.399. The first-order valence-corrected chi connectivity index (χ1v) is 8.03. The maximum atomic E-state index is 11.6. The summed E-state index contributed by atoms with van der Waals surface area (Å²) in [5, 5.41) is 4.79. The van der Waals surface area contributed by atoms with Gasteiger partial charge in [0.2, 0.25) is 11.8 Å². The fourth-order valence-electron chi connectivity index (χ4n) is 1.56. The third-order valence-corrected chi connectivity index (χ3v) is 4.25. The summed E-state index contributed by atoms with van der Waals surface area (Å²) < 4.78 is 5.62. The predicted molar refractivity (Wildman–Crippen MR) is 85.3 cm³/mol. The van der Waals surface area contributed by atoms with Gasteiger partial charge in [-0.1, -0.05) is 23.2 Å². The number of esters is 1. The van der Waals surface area contributed by atoms with Gasteiger partial charge in [0.25, 0.3) is 0 Å². The number of carbonyl (C=O) groups is 3. The van der Waals surface area contributed by atoms with Crippen molar-refractivity contribution in [1.82, 2.24) is 10.6 Å². The zero-order valence-electron chi connectivity index (χ0n) is 11.9. The van der Waals surface area contributed by atoms with Crippen LogP contribution in [0.15, 0.2) is 6.07 Å². The molecule has 0 atom stereocenters. The number of thiophene rings is 1. The summed E-state index contributed by atoms with van der Waals surface area (Å²) in [6, 6.07) is 1.78. The van der Waals surface area contributed by atoms with E-state index >= 15 is 0 Å². The number of carbonyl (C=O) groups excluding carboxylic acids is 3. The molecular formula is C13H16Cl2N2O4S. The number of ether oxygens (including phenoxy) is 1. The maximum absolute atomic E-state index is 11.6. The Morgan fingerprint density at radius 3 is 2.45 bits per heavy atom. The summed E-state index contributed by atoms with van der Waals surface area (Å²) >= 11 is 13.1. The number of methoxy groups -OCH3 is 1. The molecule has 0 bridgehead atoms. The molecule has 0 saturated carbocycles. The zero-order chi connectivity index (χ0) is 16.5. The molecule has 0 aromatic carbocycles. The Kier molecular flexibility index (Phi) is 8.22. The van der Waals surface area contributed by atoms with Crippen molar-refractivity contribution in [2.24, 2.45) is 0 Å². The summed E-state index contributed by atoms with van der Waals surface area (Å²) in [4.78, 5) is 33.7. The molecule has 6 nitrogen and oxygen atoms in total. The Balaban J connectivity index is 2.17. The van der Waals surface area contributed by atoms with Crippen molar-refractivity contribution < 1.29 is 19.1 Å². The van der Waals surface area contributed by atoms with E-state index in [0.29, 0.717) is 21.5 Å². The highest BCUT2D eigenvalue weighted by atomic mass is 35.5. The lowest BCUT2D eigenvalue weighted by atomic mass is 10.1. The number of hydrogen-bond donors (Lipinski definition) is 2. The minimum Gasteiger partial charge on any atom is -0.468 e. The average Bonchev–Trinajstić information content (AvgIpc) is 2.80. The molecule has 0 saturated heterocycles. The number of rotatable bonds is 8. The van der Waals surface area contributed by atoms with Crippen molar-refractivity contribution in [3.05, 3.63) is 20.3 Å². The van der Waals surface area contributed by atoms with Gasteiger partial charge in [0.1, 0.15) is 6.54 Å². The van der Waals surface area contributed by atoms with Crippen LogP contribution < -0.4 is 10.6 Å². The van der Waals surface area contributed by atoms with Crippen molar-refractivity contribution in [2.45, 2.75) is 19.3 Å². The number of nitrogens with one attached hydrogen (secondary N) is 2. The van der Waals surface area contributed by atoms with Crippen LogP contribution in [0.5, 0.6) is 0 Å². The molecule has 0 aliphatic carbocycles. The fraction of sp³-hybridized carbons (Fsp3) is 0.462. The molecule has 0 radical (unpaired) electrons. The molecule has 2 N–H and O–H groups in total. The lowest BCUT2D eigenvalue weighted by Crippen LogP contribution is -2.39. The van der Waals surface area contributed by atoms with Gasteiger partial charge in [-0.3, -0.25) is 14.4 Å². The van der Waals surface area contributed by atoms with Crippen molar-refractivity contribution >= 4 is 52.3 Å². The number of halogens is 2. The monoisotopic (exact) mass is 366 g/mol. The van der Waals surface area contributed by atoms with Crippen LogP contribution in [0.2, 0.25) is 8.67 Å². The molecule has 0 unspecified atom stereocenters. The van der Waals surface area contributed by atoms with Gasteiger partial charge in [-0.05, 0) is 24.5 Å². The quantitative estimate of drug-likeness (QED) is 0.686. The number of amides is 2. The Labute approximate surface area is 142 Å². The van der Waals surface area contributed by atoms with Gasteiger partial charge in [0, 0.05) is 6.42 Å². The van der Waals surface area contributed by atoms with Crippen molar-refractivity contribution in [2.75, 3.05) is 20.2 Å². The van der Waals surface area contributed by atoms with Gasteiger partial charge in [-0.25, -0.2) is 0 Å². The van der Waals surface area contributed by atoms with Gasteiger partial charge >= 0.3 is 5.97 Å². The lowest BCUT2D eigenvalue weighted by Gasteiger charge is -2.06. The smallest absolute Gasteiger partial charge is 0.325 e. The molecule has 0 fully saturated rings. The molecular weight excluding hydrogens is 351 g/mol. The predicted octanol–water partition coefficient (Wildman–Crippen LogP) is 1.78. The van der Waals surface area contributed by atoms with Crippen molar-refractivity contribution in [3.63, 3.8) is 0 Å². The summed E-state index contributed by atoms with van der Waals surface area (Å²) in [7, 11) is 1.23. The standard InChI is InChI=1S/C13H16Cl2N2O4S/c1-21-12(20)7-17-11(19)6-16-10(18)4-2-3-8-5-9(14)22-13(8)15/h5H,2-4,6-7H2,1H3,(H,16,18)(H,17,19). The maximum Gasteiger partial charge on any atom is 0.325 e. The first-order chi connectivity index (χ1) is 10.4. The lowest BCUT2D eigenvalue weighted by molar-refractivity contribution is -0.141. The van der Waals surface area contributed by atoms with Gasteiger partial charge < -0.3 is 15.4 Å². The van der Waals surface area contributed by atoms with Crippen molar-refractivity contribution in [1.29, 1.82) is 0 Å². The van der Waals surface area contributed by atoms with Gasteiger partial charge in [0.15, 0.2) is 0 Å². The second-order valence-corrected chi connectivity index (χ2v) is 6.62. The van der Waals surface area contributed by atoms with E-state index in [1.807, 2.05) is 0 Å². The van der Waals surface area contributed by atoms with E-state index in [2.05, 4.69) is 15.4 Å². The van der Waals surface area contributed by atoms with Crippen LogP contribution in [0.1, 0.15) is 18.4 Å².